The summed E-state index contributed by atoms with van der Waals surface area (Å²) in [6.07, 6.45) is -2.45. The largest absolute Gasteiger partial charge is 0.480 e. The van der Waals surface area contributed by atoms with E-state index in [2.05, 4.69) is 15.3 Å². The Bertz CT molecular complexity index is 780. The predicted octanol–water partition coefficient (Wildman–Crippen LogP) is 3.29. The normalized spacial score (nSPS) is 19.0. The monoisotopic (exact) mass is 442 g/mol. The van der Waals surface area contributed by atoms with E-state index in [0.29, 0.717) is 11.8 Å². The molecule has 154 valence electrons. The second kappa shape index (κ2) is 9.39. The predicted molar refractivity (Wildman–Crippen MR) is 93.6 cm³/mol. The average molecular weight is 443 g/mol. The number of thioether (sulfide) groups is 1. The van der Waals surface area contributed by atoms with Crippen molar-refractivity contribution in [2.45, 2.75) is 36.3 Å². The lowest BCUT2D eigenvalue weighted by Crippen LogP contribution is -2.22. The summed E-state index contributed by atoms with van der Waals surface area (Å²) in [5.41, 5.74) is -0.606. The number of carbonyl (C=O) groups is 1. The lowest BCUT2D eigenvalue weighted by Gasteiger charge is -2.15. The molecule has 0 amide bonds. The lowest BCUT2D eigenvalue weighted by molar-refractivity contribution is -0.384. The zero-order valence-corrected chi connectivity index (χ0v) is 15.6. The summed E-state index contributed by atoms with van der Waals surface area (Å²) >= 11 is 6.49. The van der Waals surface area contributed by atoms with Gasteiger partial charge in [-0.25, -0.2) is 9.78 Å². The number of hydrogen-bond acceptors (Lipinski definition) is 8. The number of halogens is 4. The van der Waals surface area contributed by atoms with Crippen LogP contribution in [0.25, 0.3) is 0 Å². The second-order valence-electron chi connectivity index (χ2n) is 5.58. The summed E-state index contributed by atoms with van der Waals surface area (Å²) in [6.45, 7) is -0.499. The van der Waals surface area contributed by atoms with E-state index in [1.165, 1.54) is 0 Å². The van der Waals surface area contributed by atoms with Gasteiger partial charge in [-0.2, -0.15) is 18.2 Å². The number of aliphatic carboxylic acids is 1. The maximum Gasteiger partial charge on any atom is 0.389 e. The molecule has 0 radical (unpaired) electrons. The van der Waals surface area contributed by atoms with Crippen molar-refractivity contribution in [3.8, 4) is 0 Å². The van der Waals surface area contributed by atoms with Gasteiger partial charge < -0.3 is 15.2 Å². The second-order valence-corrected chi connectivity index (χ2v) is 7.00. The minimum Gasteiger partial charge on any atom is -0.480 e. The lowest BCUT2D eigenvalue weighted by atomic mass is 10.2. The first-order valence-electron chi connectivity index (χ1n) is 7.75. The zero-order chi connectivity index (χ0) is 20.9. The Kier molecular flexibility index (Phi) is 7.43. The Morgan fingerprint density at radius 2 is 2.18 bits per heavy atom. The standard InChI is InChI=1S/C14H14ClF3N4O5S/c15-11-10(22(25)26)12(21-13(20-11)28-4-3-14(16,17)18)19-7-1-2-8(5-7)27-6-9(23)24/h1-2,7-8H,3-6H2,(H,23,24)(H,19,20,21)/t7-,8+/m0/s1. The van der Waals surface area contributed by atoms with Gasteiger partial charge in [-0.3, -0.25) is 10.1 Å². The fraction of sp³-hybridized carbons (Fsp3) is 0.500. The van der Waals surface area contributed by atoms with E-state index in [1.807, 2.05) is 0 Å². The molecule has 2 N–H and O–H groups in total. The number of hydrogen-bond donors (Lipinski definition) is 2. The smallest absolute Gasteiger partial charge is 0.389 e. The number of nitrogens with one attached hydrogen (secondary N) is 1. The Balaban J connectivity index is 2.10. The summed E-state index contributed by atoms with van der Waals surface area (Å²) in [6, 6.07) is -0.475. The number of nitrogens with zero attached hydrogens (tertiary/aromatic N) is 3. The van der Waals surface area contributed by atoms with Crippen LogP contribution in [-0.2, 0) is 9.53 Å². The highest BCUT2D eigenvalue weighted by Crippen LogP contribution is 2.34. The van der Waals surface area contributed by atoms with Crippen LogP contribution in [0.4, 0.5) is 24.7 Å². The van der Waals surface area contributed by atoms with Gasteiger partial charge in [0.2, 0.25) is 11.0 Å². The number of nitro groups is 1. The molecule has 1 heterocycles. The van der Waals surface area contributed by atoms with Crippen molar-refractivity contribution >= 4 is 40.8 Å². The van der Waals surface area contributed by atoms with Crippen molar-refractivity contribution in [3.63, 3.8) is 0 Å². The summed E-state index contributed by atoms with van der Waals surface area (Å²) in [7, 11) is 0. The molecule has 1 aromatic heterocycles. The number of carboxylic acids is 1. The highest BCUT2D eigenvalue weighted by Gasteiger charge is 2.29. The van der Waals surface area contributed by atoms with Gasteiger partial charge >= 0.3 is 17.8 Å². The molecule has 0 spiro atoms. The van der Waals surface area contributed by atoms with Gasteiger partial charge in [0.05, 0.1) is 17.4 Å². The van der Waals surface area contributed by atoms with E-state index in [9.17, 15) is 28.1 Å². The van der Waals surface area contributed by atoms with Crippen LogP contribution in [-0.4, -0.2) is 56.6 Å². The number of alkyl halides is 3. The first-order valence-corrected chi connectivity index (χ1v) is 9.11. The Morgan fingerprint density at radius 1 is 1.46 bits per heavy atom. The quantitative estimate of drug-likeness (QED) is 0.148. The molecule has 2 rings (SSSR count). The molecule has 1 aromatic rings. The van der Waals surface area contributed by atoms with E-state index >= 15 is 0 Å². The Labute approximate surface area is 165 Å². The van der Waals surface area contributed by atoms with E-state index in [1.54, 1.807) is 12.2 Å². The van der Waals surface area contributed by atoms with Crippen LogP contribution in [0, 0.1) is 10.1 Å². The fourth-order valence-corrected chi connectivity index (χ4v) is 3.36. The first-order chi connectivity index (χ1) is 13.0. The van der Waals surface area contributed by atoms with Gasteiger partial charge in [-0.15, -0.1) is 0 Å². The molecular formula is C14H14ClF3N4O5S. The minimum atomic E-state index is -4.35. The average Bonchev–Trinajstić information content (AvgIpc) is 2.98. The molecule has 2 atom stereocenters. The maximum atomic E-state index is 12.3. The molecule has 1 aliphatic rings. The van der Waals surface area contributed by atoms with Gasteiger partial charge in [0.25, 0.3) is 0 Å². The number of aromatic nitrogens is 2. The summed E-state index contributed by atoms with van der Waals surface area (Å²) < 4.78 is 41.9. The third kappa shape index (κ3) is 6.80. The van der Waals surface area contributed by atoms with Crippen molar-refractivity contribution in [2.75, 3.05) is 17.7 Å². The third-order valence-electron chi connectivity index (χ3n) is 3.41. The number of carboxylic acid groups (broad SMARTS) is 1. The van der Waals surface area contributed by atoms with Crippen LogP contribution in [0.5, 0.6) is 0 Å². The maximum absolute atomic E-state index is 12.3. The first kappa shape index (κ1) is 22.2. The van der Waals surface area contributed by atoms with Gasteiger partial charge in [-0.1, -0.05) is 35.5 Å². The molecule has 0 saturated carbocycles. The van der Waals surface area contributed by atoms with E-state index in [4.69, 9.17) is 21.4 Å². The fourth-order valence-electron chi connectivity index (χ4n) is 2.24. The minimum absolute atomic E-state index is 0.136. The van der Waals surface area contributed by atoms with E-state index in [0.717, 1.165) is 0 Å². The van der Waals surface area contributed by atoms with E-state index in [-0.39, 0.29) is 23.1 Å². The van der Waals surface area contributed by atoms with Crippen molar-refractivity contribution in [1.29, 1.82) is 0 Å². The third-order valence-corrected chi connectivity index (χ3v) is 4.52. The highest BCUT2D eigenvalue weighted by atomic mass is 35.5. The summed E-state index contributed by atoms with van der Waals surface area (Å²) in [5, 5.41) is 22.0. The number of rotatable bonds is 9. The Hall–Kier alpha value is -2.12. The van der Waals surface area contributed by atoms with Crippen LogP contribution < -0.4 is 5.32 Å². The van der Waals surface area contributed by atoms with Crippen LogP contribution in [0.1, 0.15) is 12.8 Å². The van der Waals surface area contributed by atoms with Gasteiger partial charge in [0.15, 0.2) is 5.16 Å². The molecular weight excluding hydrogens is 429 g/mol. The van der Waals surface area contributed by atoms with Crippen LogP contribution in [0.2, 0.25) is 5.15 Å². The molecule has 0 aromatic carbocycles. The van der Waals surface area contributed by atoms with Gasteiger partial charge in [0, 0.05) is 18.2 Å². The number of anilines is 1. The molecule has 1 aliphatic carbocycles. The van der Waals surface area contributed by atoms with Crippen LogP contribution in [0.15, 0.2) is 17.3 Å². The van der Waals surface area contributed by atoms with Crippen molar-refractivity contribution in [2.24, 2.45) is 0 Å². The van der Waals surface area contributed by atoms with Gasteiger partial charge in [-0.05, 0) is 0 Å². The molecule has 0 bridgehead atoms. The molecule has 0 fully saturated rings. The zero-order valence-electron chi connectivity index (χ0n) is 14.0. The van der Waals surface area contributed by atoms with Crippen molar-refractivity contribution in [1.82, 2.24) is 9.97 Å². The molecule has 0 unspecified atom stereocenters. The van der Waals surface area contributed by atoms with Gasteiger partial charge in [0.1, 0.15) is 6.61 Å². The van der Waals surface area contributed by atoms with E-state index < -0.39 is 53.1 Å². The molecule has 9 nitrogen and oxygen atoms in total. The van der Waals surface area contributed by atoms with Crippen molar-refractivity contribution < 1.29 is 32.7 Å². The SMILES string of the molecule is O=C(O)CO[C@@H]1C=C[C@H](Nc2nc(SCCC(F)(F)F)nc(Cl)c2[N+](=O)[O-])C1. The molecule has 0 saturated heterocycles. The van der Waals surface area contributed by atoms with Crippen LogP contribution >= 0.6 is 23.4 Å². The summed E-state index contributed by atoms with van der Waals surface area (Å²) in [5.74, 6) is -1.75. The highest BCUT2D eigenvalue weighted by molar-refractivity contribution is 7.99. The molecule has 28 heavy (non-hydrogen) atoms. The molecule has 0 aliphatic heterocycles. The topological polar surface area (TPSA) is 127 Å². The Morgan fingerprint density at radius 3 is 2.79 bits per heavy atom. The van der Waals surface area contributed by atoms with Crippen molar-refractivity contribution in [3.05, 3.63) is 27.4 Å². The number of ether oxygens (including phenoxy) is 1. The summed E-state index contributed by atoms with van der Waals surface area (Å²) in [4.78, 5) is 28.6. The molecule has 14 heteroatoms. The van der Waals surface area contributed by atoms with Crippen LogP contribution in [0.3, 0.4) is 0 Å².